The molecule has 0 aliphatic heterocycles. The molecule has 2 rings (SSSR count). The fraction of sp³-hybridized carbons (Fsp3) is 0.533. The van der Waals surface area contributed by atoms with E-state index in [4.69, 9.17) is 4.74 Å². The van der Waals surface area contributed by atoms with Gasteiger partial charge in [0.25, 0.3) is 0 Å². The molecular formula is C15H19FO2. The minimum Gasteiger partial charge on any atom is -0.378 e. The van der Waals surface area contributed by atoms with Crippen LogP contribution in [0.3, 0.4) is 0 Å². The highest BCUT2D eigenvalue weighted by Gasteiger charge is 2.30. The molecule has 1 aliphatic rings. The Labute approximate surface area is 107 Å². The van der Waals surface area contributed by atoms with Gasteiger partial charge in [0.15, 0.2) is 0 Å². The summed E-state index contributed by atoms with van der Waals surface area (Å²) in [6, 6.07) is 6.48. The van der Waals surface area contributed by atoms with Crippen LogP contribution >= 0.6 is 0 Å². The number of carbonyl (C=O) groups excluding carboxylic acids is 1. The van der Waals surface area contributed by atoms with Crippen molar-refractivity contribution >= 4 is 5.78 Å². The zero-order valence-electron chi connectivity index (χ0n) is 10.7. The van der Waals surface area contributed by atoms with Crippen LogP contribution in [-0.2, 0) is 16.0 Å². The molecule has 0 aromatic heterocycles. The maximum atomic E-state index is 13.4. The van der Waals surface area contributed by atoms with Crippen LogP contribution in [0.4, 0.5) is 4.39 Å². The first-order chi connectivity index (χ1) is 8.69. The van der Waals surface area contributed by atoms with E-state index in [-0.39, 0.29) is 18.0 Å². The maximum Gasteiger partial charge on any atom is 0.137 e. The zero-order valence-corrected chi connectivity index (χ0v) is 10.7. The Morgan fingerprint density at radius 1 is 1.39 bits per heavy atom. The van der Waals surface area contributed by atoms with Crippen molar-refractivity contribution in [3.8, 4) is 0 Å². The number of rotatable bonds is 6. The molecule has 0 N–H and O–H groups in total. The molecule has 3 heteroatoms. The number of carbonyl (C=O) groups is 1. The average Bonchev–Trinajstić information content (AvgIpc) is 2.29. The topological polar surface area (TPSA) is 26.3 Å². The van der Waals surface area contributed by atoms with E-state index in [1.54, 1.807) is 18.2 Å². The molecule has 0 amide bonds. The molecule has 1 saturated carbocycles. The van der Waals surface area contributed by atoms with Crippen molar-refractivity contribution in [1.29, 1.82) is 0 Å². The number of halogens is 1. The van der Waals surface area contributed by atoms with Crippen LogP contribution in [0.25, 0.3) is 0 Å². The van der Waals surface area contributed by atoms with Gasteiger partial charge in [-0.3, -0.25) is 4.79 Å². The number of ketones is 1. The SMILES string of the molecule is CCOC1CC(CC(=O)Cc2ccccc2F)C1. The van der Waals surface area contributed by atoms with E-state index in [9.17, 15) is 9.18 Å². The third kappa shape index (κ3) is 3.39. The molecule has 0 saturated heterocycles. The lowest BCUT2D eigenvalue weighted by molar-refractivity contribution is -0.121. The molecule has 1 aromatic rings. The van der Waals surface area contributed by atoms with Crippen molar-refractivity contribution in [2.75, 3.05) is 6.61 Å². The summed E-state index contributed by atoms with van der Waals surface area (Å²) < 4.78 is 18.8. The molecule has 0 heterocycles. The molecule has 1 fully saturated rings. The van der Waals surface area contributed by atoms with Gasteiger partial charge < -0.3 is 4.74 Å². The third-order valence-electron chi connectivity index (χ3n) is 3.46. The molecule has 0 bridgehead atoms. The van der Waals surface area contributed by atoms with Crippen molar-refractivity contribution in [3.05, 3.63) is 35.6 Å². The summed E-state index contributed by atoms with van der Waals surface area (Å²) in [7, 11) is 0. The van der Waals surface area contributed by atoms with Crippen LogP contribution in [0.5, 0.6) is 0 Å². The molecule has 98 valence electrons. The van der Waals surface area contributed by atoms with Gasteiger partial charge in [-0.15, -0.1) is 0 Å². The van der Waals surface area contributed by atoms with Crippen LogP contribution in [0.15, 0.2) is 24.3 Å². The fourth-order valence-electron chi connectivity index (χ4n) is 2.46. The van der Waals surface area contributed by atoms with E-state index in [0.717, 1.165) is 19.4 Å². The standard InChI is InChI=1S/C15H19FO2/c1-2-18-14-8-11(9-14)7-13(17)10-12-5-3-4-6-15(12)16/h3-6,11,14H,2,7-10H2,1H3. The average molecular weight is 250 g/mol. The second-order valence-electron chi connectivity index (χ2n) is 4.93. The highest BCUT2D eigenvalue weighted by molar-refractivity contribution is 5.81. The molecule has 1 aliphatic carbocycles. The van der Waals surface area contributed by atoms with Crippen LogP contribution in [0, 0.1) is 11.7 Å². The molecule has 0 atom stereocenters. The first kappa shape index (κ1) is 13.2. The van der Waals surface area contributed by atoms with E-state index < -0.39 is 0 Å². The minimum absolute atomic E-state index is 0.125. The van der Waals surface area contributed by atoms with Gasteiger partial charge in [0, 0.05) is 19.4 Å². The van der Waals surface area contributed by atoms with Crippen LogP contribution in [-0.4, -0.2) is 18.5 Å². The van der Waals surface area contributed by atoms with Gasteiger partial charge >= 0.3 is 0 Å². The Morgan fingerprint density at radius 2 is 2.11 bits per heavy atom. The van der Waals surface area contributed by atoms with Gasteiger partial charge in [-0.05, 0) is 37.3 Å². The van der Waals surface area contributed by atoms with Gasteiger partial charge in [-0.2, -0.15) is 0 Å². The third-order valence-corrected chi connectivity index (χ3v) is 3.46. The summed E-state index contributed by atoms with van der Waals surface area (Å²) in [5.41, 5.74) is 0.503. The Kier molecular flexibility index (Phi) is 4.48. The minimum atomic E-state index is -0.286. The van der Waals surface area contributed by atoms with Crippen LogP contribution in [0.1, 0.15) is 31.7 Å². The quantitative estimate of drug-likeness (QED) is 0.775. The van der Waals surface area contributed by atoms with Gasteiger partial charge in [-0.25, -0.2) is 4.39 Å². The van der Waals surface area contributed by atoms with E-state index in [0.29, 0.717) is 24.0 Å². The second-order valence-corrected chi connectivity index (χ2v) is 4.93. The molecule has 1 aromatic carbocycles. The normalized spacial score (nSPS) is 22.6. The summed E-state index contributed by atoms with van der Waals surface area (Å²) in [5.74, 6) is 0.271. The van der Waals surface area contributed by atoms with Gasteiger partial charge in [0.05, 0.1) is 6.10 Å². The lowest BCUT2D eigenvalue weighted by Crippen LogP contribution is -2.33. The van der Waals surface area contributed by atoms with Crippen molar-refractivity contribution in [1.82, 2.24) is 0 Å². The Hall–Kier alpha value is -1.22. The van der Waals surface area contributed by atoms with E-state index in [1.807, 2.05) is 6.92 Å². The van der Waals surface area contributed by atoms with Gasteiger partial charge in [0.2, 0.25) is 0 Å². The molecule has 0 unspecified atom stereocenters. The smallest absolute Gasteiger partial charge is 0.137 e. The largest absolute Gasteiger partial charge is 0.378 e. The Morgan fingerprint density at radius 3 is 2.78 bits per heavy atom. The molecule has 18 heavy (non-hydrogen) atoms. The highest BCUT2D eigenvalue weighted by Crippen LogP contribution is 2.33. The van der Waals surface area contributed by atoms with Crippen LogP contribution in [0.2, 0.25) is 0 Å². The fourth-order valence-corrected chi connectivity index (χ4v) is 2.46. The van der Waals surface area contributed by atoms with E-state index in [1.165, 1.54) is 6.07 Å². The van der Waals surface area contributed by atoms with Gasteiger partial charge in [-0.1, -0.05) is 18.2 Å². The van der Waals surface area contributed by atoms with Crippen LogP contribution < -0.4 is 0 Å². The van der Waals surface area contributed by atoms with Gasteiger partial charge in [0.1, 0.15) is 11.6 Å². The molecule has 0 radical (unpaired) electrons. The highest BCUT2D eigenvalue weighted by atomic mass is 19.1. The summed E-state index contributed by atoms with van der Waals surface area (Å²) in [6.45, 7) is 2.72. The summed E-state index contributed by atoms with van der Waals surface area (Å²) >= 11 is 0. The van der Waals surface area contributed by atoms with E-state index >= 15 is 0 Å². The first-order valence-electron chi connectivity index (χ1n) is 6.55. The lowest BCUT2D eigenvalue weighted by Gasteiger charge is -2.34. The van der Waals surface area contributed by atoms with Crippen molar-refractivity contribution in [2.45, 2.75) is 38.7 Å². The first-order valence-corrected chi connectivity index (χ1v) is 6.55. The number of hydrogen-bond acceptors (Lipinski definition) is 2. The number of ether oxygens (including phenoxy) is 1. The Balaban J connectivity index is 1.75. The lowest BCUT2D eigenvalue weighted by atomic mass is 9.78. The summed E-state index contributed by atoms with van der Waals surface area (Å²) in [5, 5.41) is 0. The summed E-state index contributed by atoms with van der Waals surface area (Å²) in [4.78, 5) is 11.8. The molecule has 2 nitrogen and oxygen atoms in total. The van der Waals surface area contributed by atoms with E-state index in [2.05, 4.69) is 0 Å². The summed E-state index contributed by atoms with van der Waals surface area (Å²) in [6.07, 6.45) is 3.04. The Bertz CT molecular complexity index is 411. The number of hydrogen-bond donors (Lipinski definition) is 0. The predicted molar refractivity (Wildman–Crippen MR) is 67.9 cm³/mol. The maximum absolute atomic E-state index is 13.4. The number of Topliss-reactive ketones (excluding diaryl/α,β-unsaturated/α-hetero) is 1. The monoisotopic (exact) mass is 250 g/mol. The number of benzene rings is 1. The van der Waals surface area contributed by atoms with Crippen molar-refractivity contribution in [2.24, 2.45) is 5.92 Å². The van der Waals surface area contributed by atoms with Crippen molar-refractivity contribution < 1.29 is 13.9 Å². The predicted octanol–water partition coefficient (Wildman–Crippen LogP) is 3.14. The zero-order chi connectivity index (χ0) is 13.0. The van der Waals surface area contributed by atoms with Crippen molar-refractivity contribution in [3.63, 3.8) is 0 Å². The molecular weight excluding hydrogens is 231 g/mol. The molecule has 0 spiro atoms. The second kappa shape index (κ2) is 6.10.